The fraction of sp³-hybridized carbons (Fsp3) is 0.364. The van der Waals surface area contributed by atoms with Crippen LogP contribution in [0.25, 0.3) is 0 Å². The number of carboxylic acid groups (broad SMARTS) is 1. The predicted octanol–water partition coefficient (Wildman–Crippen LogP) is 2.60. The molecule has 0 aliphatic rings. The molecule has 9 heteroatoms. The Morgan fingerprint density at radius 3 is 2.40 bits per heavy atom. The van der Waals surface area contributed by atoms with Crippen LogP contribution in [0.1, 0.15) is 12.5 Å². The van der Waals surface area contributed by atoms with Crippen LogP contribution in [0.5, 0.6) is 0 Å². The van der Waals surface area contributed by atoms with E-state index in [0.717, 1.165) is 0 Å². The van der Waals surface area contributed by atoms with Crippen LogP contribution in [0.15, 0.2) is 12.1 Å². The van der Waals surface area contributed by atoms with Gasteiger partial charge in [-0.2, -0.15) is 0 Å². The molecule has 0 spiro atoms. The van der Waals surface area contributed by atoms with Gasteiger partial charge in [-0.1, -0.05) is 23.2 Å². The summed E-state index contributed by atoms with van der Waals surface area (Å²) in [5.41, 5.74) is 0.888. The first-order valence-electron chi connectivity index (χ1n) is 5.62. The van der Waals surface area contributed by atoms with E-state index >= 15 is 0 Å². The third-order valence-corrected chi connectivity index (χ3v) is 4.09. The highest BCUT2D eigenvalue weighted by Gasteiger charge is 2.18. The molecule has 6 nitrogen and oxygen atoms in total. The highest BCUT2D eigenvalue weighted by atomic mass is 35.5. The molecular weight excluding hydrogens is 328 g/mol. The second-order valence-electron chi connectivity index (χ2n) is 4.27. The highest BCUT2D eigenvalue weighted by Crippen LogP contribution is 2.37. The summed E-state index contributed by atoms with van der Waals surface area (Å²) in [7, 11) is -4.15. The molecule has 1 aromatic rings. The molecule has 1 atom stereocenters. The largest absolute Gasteiger partial charge is 0.480 e. The number of anilines is 1. The number of rotatable bonds is 6. The van der Waals surface area contributed by atoms with Crippen molar-refractivity contribution in [2.45, 2.75) is 19.4 Å². The monoisotopic (exact) mass is 341 g/mol. The second kappa shape index (κ2) is 6.78. The van der Waals surface area contributed by atoms with Gasteiger partial charge in [0.15, 0.2) is 0 Å². The van der Waals surface area contributed by atoms with Gasteiger partial charge in [-0.05, 0) is 31.0 Å². The van der Waals surface area contributed by atoms with E-state index in [1.165, 1.54) is 19.1 Å². The normalized spacial score (nSPS) is 13.1. The Hall–Kier alpha value is -0.780. The standard InChI is InChI=1S/C11H14Cl2NO5P/c1-6(11(15)16)14-10-5-9(13)8(12)4-7(10)2-3-20(17,18)19/h4-6,14H,2-3H2,1H3,(H,15,16)(H2,17,18,19). The summed E-state index contributed by atoms with van der Waals surface area (Å²) in [4.78, 5) is 28.6. The molecule has 0 fully saturated rings. The predicted molar refractivity (Wildman–Crippen MR) is 77.8 cm³/mol. The number of nitrogens with one attached hydrogen (secondary N) is 1. The second-order valence-corrected chi connectivity index (χ2v) is 6.86. The van der Waals surface area contributed by atoms with Gasteiger partial charge in [0.2, 0.25) is 0 Å². The van der Waals surface area contributed by atoms with Gasteiger partial charge in [-0.15, -0.1) is 0 Å². The molecule has 112 valence electrons. The van der Waals surface area contributed by atoms with Crippen molar-refractivity contribution in [2.75, 3.05) is 11.5 Å². The maximum absolute atomic E-state index is 10.9. The Bertz CT molecular complexity index is 560. The first-order chi connectivity index (χ1) is 9.10. The third kappa shape index (κ3) is 5.31. The maximum Gasteiger partial charge on any atom is 0.325 e. The summed E-state index contributed by atoms with van der Waals surface area (Å²) in [6.07, 6.45) is -0.309. The summed E-state index contributed by atoms with van der Waals surface area (Å²) >= 11 is 11.7. The Morgan fingerprint density at radius 2 is 1.90 bits per heavy atom. The minimum absolute atomic E-state index is 0.0514. The lowest BCUT2D eigenvalue weighted by molar-refractivity contribution is -0.137. The summed E-state index contributed by atoms with van der Waals surface area (Å²) < 4.78 is 10.9. The van der Waals surface area contributed by atoms with Crippen molar-refractivity contribution < 1.29 is 24.3 Å². The van der Waals surface area contributed by atoms with Crippen LogP contribution >= 0.6 is 30.8 Å². The van der Waals surface area contributed by atoms with E-state index in [1.807, 2.05) is 0 Å². The summed E-state index contributed by atoms with van der Waals surface area (Å²) in [5, 5.41) is 12.1. The molecule has 1 rings (SSSR count). The molecule has 0 heterocycles. The molecule has 0 radical (unpaired) electrons. The van der Waals surface area contributed by atoms with E-state index < -0.39 is 19.6 Å². The highest BCUT2D eigenvalue weighted by molar-refractivity contribution is 7.51. The number of aryl methyl sites for hydroxylation is 1. The number of hydrogen-bond donors (Lipinski definition) is 4. The van der Waals surface area contributed by atoms with Crippen molar-refractivity contribution >= 4 is 42.5 Å². The van der Waals surface area contributed by atoms with Gasteiger partial charge in [-0.3, -0.25) is 9.36 Å². The zero-order valence-corrected chi connectivity index (χ0v) is 12.9. The molecule has 0 aliphatic carbocycles. The smallest absolute Gasteiger partial charge is 0.325 e. The molecule has 0 bridgehead atoms. The number of carboxylic acids is 1. The fourth-order valence-electron chi connectivity index (χ4n) is 1.49. The number of hydrogen-bond acceptors (Lipinski definition) is 3. The number of aliphatic carboxylic acids is 1. The van der Waals surface area contributed by atoms with Crippen molar-refractivity contribution in [2.24, 2.45) is 0 Å². The Kier molecular flexibility index (Phi) is 5.86. The minimum Gasteiger partial charge on any atom is -0.480 e. The Morgan fingerprint density at radius 1 is 1.35 bits per heavy atom. The van der Waals surface area contributed by atoms with E-state index in [-0.39, 0.29) is 22.6 Å². The summed E-state index contributed by atoms with van der Waals surface area (Å²) in [6, 6.07) is 2.04. The number of benzene rings is 1. The minimum atomic E-state index is -4.15. The van der Waals surface area contributed by atoms with E-state index in [1.54, 1.807) is 0 Å². The van der Waals surface area contributed by atoms with Gasteiger partial charge in [0.25, 0.3) is 0 Å². The lowest BCUT2D eigenvalue weighted by Crippen LogP contribution is -2.26. The van der Waals surface area contributed by atoms with E-state index in [9.17, 15) is 9.36 Å². The van der Waals surface area contributed by atoms with Gasteiger partial charge in [-0.25, -0.2) is 0 Å². The van der Waals surface area contributed by atoms with Crippen molar-refractivity contribution in [3.8, 4) is 0 Å². The van der Waals surface area contributed by atoms with Crippen LogP contribution in [0.2, 0.25) is 10.0 Å². The quantitative estimate of drug-likeness (QED) is 0.592. The zero-order chi connectivity index (χ0) is 15.5. The first kappa shape index (κ1) is 17.3. The van der Waals surface area contributed by atoms with Crippen molar-refractivity contribution in [1.29, 1.82) is 0 Å². The van der Waals surface area contributed by atoms with Crippen LogP contribution in [-0.4, -0.2) is 33.1 Å². The molecule has 4 N–H and O–H groups in total. The molecular formula is C11H14Cl2NO5P. The molecule has 1 aromatic carbocycles. The van der Waals surface area contributed by atoms with E-state index in [0.29, 0.717) is 11.3 Å². The lowest BCUT2D eigenvalue weighted by Gasteiger charge is -2.16. The molecule has 0 amide bonds. The average molecular weight is 342 g/mol. The van der Waals surface area contributed by atoms with Gasteiger partial charge in [0.1, 0.15) is 6.04 Å². The van der Waals surface area contributed by atoms with E-state index in [4.69, 9.17) is 38.1 Å². The summed E-state index contributed by atoms with van der Waals surface area (Å²) in [5.74, 6) is -1.06. The van der Waals surface area contributed by atoms with Crippen LogP contribution < -0.4 is 5.32 Å². The number of carbonyl (C=O) groups is 1. The number of halogens is 2. The molecule has 0 aromatic heterocycles. The van der Waals surface area contributed by atoms with Crippen LogP contribution in [-0.2, 0) is 15.8 Å². The van der Waals surface area contributed by atoms with E-state index in [2.05, 4.69) is 5.32 Å². The third-order valence-electron chi connectivity index (χ3n) is 2.56. The summed E-state index contributed by atoms with van der Waals surface area (Å²) in [6.45, 7) is 1.44. The van der Waals surface area contributed by atoms with Crippen molar-refractivity contribution in [1.82, 2.24) is 0 Å². The van der Waals surface area contributed by atoms with Crippen molar-refractivity contribution in [3.63, 3.8) is 0 Å². The molecule has 0 aliphatic heterocycles. The Labute approximate surface area is 125 Å². The SMILES string of the molecule is CC(Nc1cc(Cl)c(Cl)cc1CCP(=O)(O)O)C(=O)O. The van der Waals surface area contributed by atoms with Gasteiger partial charge < -0.3 is 20.2 Å². The van der Waals surface area contributed by atoms with Gasteiger partial charge in [0, 0.05) is 5.69 Å². The molecule has 0 saturated heterocycles. The molecule has 20 heavy (non-hydrogen) atoms. The van der Waals surface area contributed by atoms with Crippen LogP contribution in [0.3, 0.4) is 0 Å². The fourth-order valence-corrected chi connectivity index (χ4v) is 2.37. The van der Waals surface area contributed by atoms with Gasteiger partial charge in [0.05, 0.1) is 16.2 Å². The average Bonchev–Trinajstić information content (AvgIpc) is 2.30. The molecule has 1 unspecified atom stereocenters. The van der Waals surface area contributed by atoms with Crippen LogP contribution in [0.4, 0.5) is 5.69 Å². The zero-order valence-electron chi connectivity index (χ0n) is 10.5. The topological polar surface area (TPSA) is 107 Å². The first-order valence-corrected chi connectivity index (χ1v) is 8.17. The van der Waals surface area contributed by atoms with Crippen molar-refractivity contribution in [3.05, 3.63) is 27.7 Å². The maximum atomic E-state index is 10.9. The molecule has 0 saturated carbocycles. The lowest BCUT2D eigenvalue weighted by atomic mass is 10.1. The van der Waals surface area contributed by atoms with Gasteiger partial charge >= 0.3 is 13.6 Å². The Balaban J connectivity index is 3.04. The van der Waals surface area contributed by atoms with Crippen LogP contribution in [0, 0.1) is 0 Å².